The third-order valence-electron chi connectivity index (χ3n) is 3.03. The van der Waals surface area contributed by atoms with Crippen LogP contribution in [0.4, 0.5) is 5.69 Å². The monoisotopic (exact) mass is 322 g/mol. The van der Waals surface area contributed by atoms with Crippen molar-refractivity contribution in [3.8, 4) is 0 Å². The fraction of sp³-hybridized carbons (Fsp3) is 0.333. The molecule has 0 aliphatic carbocycles. The average Bonchev–Trinajstić information content (AvgIpc) is 2.77. The number of hydrogen-bond donors (Lipinski definition) is 1. The van der Waals surface area contributed by atoms with Crippen molar-refractivity contribution in [3.05, 3.63) is 51.9 Å². The molecule has 0 saturated heterocycles. The van der Waals surface area contributed by atoms with E-state index in [1.165, 1.54) is 11.3 Å². The quantitative estimate of drug-likeness (QED) is 0.909. The minimum Gasteiger partial charge on any atom is -0.464 e. The van der Waals surface area contributed by atoms with Gasteiger partial charge in [0.2, 0.25) is 0 Å². The van der Waals surface area contributed by atoms with E-state index in [2.05, 4.69) is 51.4 Å². The lowest BCUT2D eigenvalue weighted by molar-refractivity contribution is 0.482. The Labute approximate surface area is 122 Å². The third kappa shape index (κ3) is 3.61. The number of rotatable bonds is 5. The first-order chi connectivity index (χ1) is 9.10. The second-order valence-electron chi connectivity index (χ2n) is 4.67. The molecule has 0 bridgehead atoms. The van der Waals surface area contributed by atoms with E-state index in [-0.39, 0.29) is 0 Å². The molecule has 0 amide bonds. The molecule has 4 heteroatoms. The average molecular weight is 323 g/mol. The summed E-state index contributed by atoms with van der Waals surface area (Å²) in [5.74, 6) is 1.93. The van der Waals surface area contributed by atoms with Crippen molar-refractivity contribution in [2.45, 2.75) is 20.0 Å². The molecule has 1 heterocycles. The van der Waals surface area contributed by atoms with Crippen molar-refractivity contribution in [1.29, 1.82) is 0 Å². The molecule has 0 aliphatic rings. The highest BCUT2D eigenvalue weighted by Crippen LogP contribution is 2.24. The second-order valence-corrected chi connectivity index (χ2v) is 5.53. The number of nitrogens with one attached hydrogen (secondary N) is 1. The summed E-state index contributed by atoms with van der Waals surface area (Å²) in [6.07, 6.45) is 0. The van der Waals surface area contributed by atoms with Crippen molar-refractivity contribution >= 4 is 21.6 Å². The van der Waals surface area contributed by atoms with Crippen LogP contribution in [0.5, 0.6) is 0 Å². The van der Waals surface area contributed by atoms with Gasteiger partial charge in [-0.3, -0.25) is 0 Å². The lowest BCUT2D eigenvalue weighted by Gasteiger charge is -2.19. The highest BCUT2D eigenvalue weighted by atomic mass is 79.9. The normalized spacial score (nSPS) is 10.7. The molecule has 1 aromatic carbocycles. The van der Waals surface area contributed by atoms with Crippen molar-refractivity contribution in [2.24, 2.45) is 0 Å². The van der Waals surface area contributed by atoms with Crippen LogP contribution in [0, 0.1) is 6.92 Å². The van der Waals surface area contributed by atoms with Crippen LogP contribution in [0.3, 0.4) is 0 Å². The molecule has 1 aromatic heterocycles. The largest absolute Gasteiger partial charge is 0.464 e. The molecule has 0 unspecified atom stereocenters. The zero-order valence-electron chi connectivity index (χ0n) is 11.5. The highest BCUT2D eigenvalue weighted by Gasteiger charge is 2.07. The summed E-state index contributed by atoms with van der Waals surface area (Å²) in [5, 5.41) is 3.16. The first kappa shape index (κ1) is 14.2. The Kier molecular flexibility index (Phi) is 4.66. The fourth-order valence-electron chi connectivity index (χ4n) is 2.00. The van der Waals surface area contributed by atoms with Gasteiger partial charge < -0.3 is 14.6 Å². The van der Waals surface area contributed by atoms with Gasteiger partial charge in [0.05, 0.1) is 6.54 Å². The summed E-state index contributed by atoms with van der Waals surface area (Å²) in [6, 6.07) is 10.4. The maximum absolute atomic E-state index is 5.60. The molecule has 0 radical (unpaired) electrons. The van der Waals surface area contributed by atoms with Crippen LogP contribution in [-0.2, 0) is 13.1 Å². The summed E-state index contributed by atoms with van der Waals surface area (Å²) >= 11 is 3.62. The van der Waals surface area contributed by atoms with E-state index in [1.54, 1.807) is 0 Å². The Morgan fingerprint density at radius 3 is 2.63 bits per heavy atom. The number of furan rings is 1. The van der Waals surface area contributed by atoms with E-state index in [9.17, 15) is 0 Å². The highest BCUT2D eigenvalue weighted by molar-refractivity contribution is 9.10. The van der Waals surface area contributed by atoms with E-state index in [1.807, 2.05) is 26.1 Å². The molecule has 1 N–H and O–H groups in total. The van der Waals surface area contributed by atoms with Crippen LogP contribution in [0.25, 0.3) is 0 Å². The molecular weight excluding hydrogens is 304 g/mol. The number of aryl methyl sites for hydroxylation is 1. The predicted octanol–water partition coefficient (Wildman–Crippen LogP) is 3.71. The molecule has 2 aromatic rings. The van der Waals surface area contributed by atoms with Gasteiger partial charge in [-0.1, -0.05) is 22.0 Å². The smallest absolute Gasteiger partial charge is 0.123 e. The Morgan fingerprint density at radius 2 is 2.05 bits per heavy atom. The van der Waals surface area contributed by atoms with Crippen LogP contribution < -0.4 is 10.2 Å². The molecule has 19 heavy (non-hydrogen) atoms. The van der Waals surface area contributed by atoms with E-state index >= 15 is 0 Å². The maximum atomic E-state index is 5.60. The van der Waals surface area contributed by atoms with Crippen molar-refractivity contribution in [2.75, 3.05) is 19.0 Å². The number of halogens is 1. The molecule has 3 nitrogen and oxygen atoms in total. The Morgan fingerprint density at radius 1 is 1.26 bits per heavy atom. The SMILES string of the molecule is CNCc1ccc(N(C)Cc2ccc(C)o2)cc1Br. The van der Waals surface area contributed by atoms with Gasteiger partial charge in [-0.2, -0.15) is 0 Å². The van der Waals surface area contributed by atoms with Crippen LogP contribution in [0.15, 0.2) is 39.2 Å². The van der Waals surface area contributed by atoms with Gasteiger partial charge >= 0.3 is 0 Å². The zero-order chi connectivity index (χ0) is 13.8. The van der Waals surface area contributed by atoms with Gasteiger partial charge in [0, 0.05) is 23.8 Å². The van der Waals surface area contributed by atoms with Gasteiger partial charge in [-0.05, 0) is 43.8 Å². The van der Waals surface area contributed by atoms with Crippen molar-refractivity contribution in [3.63, 3.8) is 0 Å². The molecule has 0 fully saturated rings. The molecular formula is C15H19BrN2O. The maximum Gasteiger partial charge on any atom is 0.123 e. The van der Waals surface area contributed by atoms with Crippen LogP contribution in [0.1, 0.15) is 17.1 Å². The predicted molar refractivity (Wildman–Crippen MR) is 82.5 cm³/mol. The minimum absolute atomic E-state index is 0.769. The second kappa shape index (κ2) is 6.26. The topological polar surface area (TPSA) is 28.4 Å². The van der Waals surface area contributed by atoms with Crippen LogP contribution in [0.2, 0.25) is 0 Å². The lowest BCUT2D eigenvalue weighted by Crippen LogP contribution is -2.16. The Hall–Kier alpha value is -1.26. The summed E-state index contributed by atoms with van der Waals surface area (Å²) in [4.78, 5) is 2.17. The first-order valence-electron chi connectivity index (χ1n) is 6.29. The third-order valence-corrected chi connectivity index (χ3v) is 3.77. The Bertz CT molecular complexity index is 551. The van der Waals surface area contributed by atoms with E-state index in [0.717, 1.165) is 29.1 Å². The number of anilines is 1. The molecule has 0 aliphatic heterocycles. The van der Waals surface area contributed by atoms with Crippen LogP contribution >= 0.6 is 15.9 Å². The number of hydrogen-bond acceptors (Lipinski definition) is 3. The molecule has 0 spiro atoms. The number of benzene rings is 1. The zero-order valence-corrected chi connectivity index (χ0v) is 13.1. The van der Waals surface area contributed by atoms with Crippen LogP contribution in [-0.4, -0.2) is 14.1 Å². The van der Waals surface area contributed by atoms with Gasteiger partial charge in [-0.15, -0.1) is 0 Å². The molecule has 102 valence electrons. The van der Waals surface area contributed by atoms with Gasteiger partial charge in [0.1, 0.15) is 11.5 Å². The molecule has 0 saturated carbocycles. The summed E-state index contributed by atoms with van der Waals surface area (Å²) in [5.41, 5.74) is 2.43. The molecule has 2 rings (SSSR count). The summed E-state index contributed by atoms with van der Waals surface area (Å²) in [7, 11) is 4.02. The Balaban J connectivity index is 2.10. The van der Waals surface area contributed by atoms with Crippen molar-refractivity contribution < 1.29 is 4.42 Å². The fourth-order valence-corrected chi connectivity index (χ4v) is 2.51. The van der Waals surface area contributed by atoms with Gasteiger partial charge in [0.15, 0.2) is 0 Å². The summed E-state index contributed by atoms with van der Waals surface area (Å²) in [6.45, 7) is 3.60. The summed E-state index contributed by atoms with van der Waals surface area (Å²) < 4.78 is 6.73. The van der Waals surface area contributed by atoms with E-state index < -0.39 is 0 Å². The number of nitrogens with zero attached hydrogens (tertiary/aromatic N) is 1. The van der Waals surface area contributed by atoms with Gasteiger partial charge in [-0.25, -0.2) is 0 Å². The minimum atomic E-state index is 0.769. The van der Waals surface area contributed by atoms with Gasteiger partial charge in [0.25, 0.3) is 0 Å². The van der Waals surface area contributed by atoms with Crippen molar-refractivity contribution in [1.82, 2.24) is 5.32 Å². The molecule has 0 atom stereocenters. The first-order valence-corrected chi connectivity index (χ1v) is 7.09. The lowest BCUT2D eigenvalue weighted by atomic mass is 10.2. The standard InChI is InChI=1S/C15H19BrN2O/c1-11-4-7-14(19-11)10-18(3)13-6-5-12(9-17-2)15(16)8-13/h4-8,17H,9-10H2,1-3H3. The van der Waals surface area contributed by atoms with E-state index in [0.29, 0.717) is 0 Å². The van der Waals surface area contributed by atoms with E-state index in [4.69, 9.17) is 4.42 Å².